The first-order valence-corrected chi connectivity index (χ1v) is 4.90. The minimum absolute atomic E-state index is 0.245. The first-order chi connectivity index (χ1) is 7.79. The molecule has 0 aliphatic carbocycles. The van der Waals surface area contributed by atoms with Gasteiger partial charge in [-0.15, -0.1) is 0 Å². The molecule has 0 aromatic carbocycles. The fourth-order valence-corrected chi connectivity index (χ4v) is 1.24. The molecule has 2 aromatic rings. The Morgan fingerprint density at radius 1 is 1.25 bits per heavy atom. The van der Waals surface area contributed by atoms with Crippen LogP contribution >= 0.6 is 0 Å². The molecule has 0 amide bonds. The Morgan fingerprint density at radius 2 is 2.06 bits per heavy atom. The molecule has 0 bridgehead atoms. The lowest BCUT2D eigenvalue weighted by atomic mass is 10.3. The molecule has 1 atom stereocenters. The van der Waals surface area contributed by atoms with E-state index < -0.39 is 6.10 Å². The standard InChI is InChI=1S/C10H12N4O2/c15-6-7(16)5-13-9-2-1-8-10(14-9)12-4-3-11-8/h1-4,7,15-16H,5-6H2,(H,12,13,14)/t7-/m1/s1. The number of nitrogens with one attached hydrogen (secondary N) is 1. The zero-order valence-electron chi connectivity index (χ0n) is 8.54. The van der Waals surface area contributed by atoms with Gasteiger partial charge in [-0.3, -0.25) is 4.98 Å². The Morgan fingerprint density at radius 3 is 2.88 bits per heavy atom. The summed E-state index contributed by atoms with van der Waals surface area (Å²) in [7, 11) is 0. The number of nitrogens with zero attached hydrogens (tertiary/aromatic N) is 3. The van der Waals surface area contributed by atoms with Gasteiger partial charge in [-0.05, 0) is 12.1 Å². The predicted octanol–water partition coefficient (Wildman–Crippen LogP) is -0.210. The summed E-state index contributed by atoms with van der Waals surface area (Å²) in [5.74, 6) is 0.598. The molecule has 2 heterocycles. The lowest BCUT2D eigenvalue weighted by Gasteiger charge is -2.09. The molecule has 0 saturated carbocycles. The van der Waals surface area contributed by atoms with Gasteiger partial charge < -0.3 is 15.5 Å². The minimum Gasteiger partial charge on any atom is -0.394 e. The van der Waals surface area contributed by atoms with Gasteiger partial charge in [0.25, 0.3) is 0 Å². The molecule has 0 aliphatic rings. The van der Waals surface area contributed by atoms with Gasteiger partial charge in [0.15, 0.2) is 5.65 Å². The Hall–Kier alpha value is -1.79. The highest BCUT2D eigenvalue weighted by atomic mass is 16.3. The monoisotopic (exact) mass is 220 g/mol. The number of pyridine rings is 1. The molecular formula is C10H12N4O2. The third kappa shape index (κ3) is 2.41. The molecule has 0 spiro atoms. The number of anilines is 1. The number of aliphatic hydroxyl groups is 2. The lowest BCUT2D eigenvalue weighted by Crippen LogP contribution is -2.23. The van der Waals surface area contributed by atoms with Crippen LogP contribution in [0.15, 0.2) is 24.5 Å². The highest BCUT2D eigenvalue weighted by Crippen LogP contribution is 2.09. The van der Waals surface area contributed by atoms with Crippen molar-refractivity contribution in [3.8, 4) is 0 Å². The van der Waals surface area contributed by atoms with Crippen LogP contribution in [-0.2, 0) is 0 Å². The van der Waals surface area contributed by atoms with Gasteiger partial charge in [-0.1, -0.05) is 0 Å². The van der Waals surface area contributed by atoms with Crippen molar-refractivity contribution >= 4 is 17.0 Å². The fourth-order valence-electron chi connectivity index (χ4n) is 1.24. The van der Waals surface area contributed by atoms with Crippen molar-refractivity contribution in [2.75, 3.05) is 18.5 Å². The van der Waals surface area contributed by atoms with Crippen LogP contribution in [0.4, 0.5) is 5.82 Å². The molecule has 0 aliphatic heterocycles. The predicted molar refractivity (Wildman–Crippen MR) is 58.9 cm³/mol. The number of hydrogen-bond donors (Lipinski definition) is 3. The second kappa shape index (κ2) is 4.82. The maximum absolute atomic E-state index is 9.16. The molecule has 0 saturated heterocycles. The van der Waals surface area contributed by atoms with E-state index >= 15 is 0 Å². The minimum atomic E-state index is -0.792. The average Bonchev–Trinajstić information content (AvgIpc) is 2.35. The van der Waals surface area contributed by atoms with Gasteiger partial charge in [-0.2, -0.15) is 0 Å². The van der Waals surface area contributed by atoms with Gasteiger partial charge in [0.2, 0.25) is 0 Å². The summed E-state index contributed by atoms with van der Waals surface area (Å²) >= 11 is 0. The zero-order valence-corrected chi connectivity index (χ0v) is 8.54. The summed E-state index contributed by atoms with van der Waals surface area (Å²) in [5.41, 5.74) is 1.27. The molecule has 84 valence electrons. The van der Waals surface area contributed by atoms with Crippen LogP contribution in [0, 0.1) is 0 Å². The van der Waals surface area contributed by atoms with Crippen LogP contribution in [0.5, 0.6) is 0 Å². The Kier molecular flexibility index (Phi) is 3.23. The summed E-state index contributed by atoms with van der Waals surface area (Å²) in [6.07, 6.45) is 2.38. The highest BCUT2D eigenvalue weighted by Gasteiger charge is 2.03. The topological polar surface area (TPSA) is 91.2 Å². The van der Waals surface area contributed by atoms with E-state index in [1.807, 2.05) is 0 Å². The molecule has 3 N–H and O–H groups in total. The average molecular weight is 220 g/mol. The van der Waals surface area contributed by atoms with Crippen LogP contribution < -0.4 is 5.32 Å². The third-order valence-corrected chi connectivity index (χ3v) is 2.06. The summed E-state index contributed by atoms with van der Waals surface area (Å²) in [4.78, 5) is 12.4. The van der Waals surface area contributed by atoms with E-state index in [0.29, 0.717) is 11.5 Å². The molecule has 6 heteroatoms. The molecule has 0 unspecified atom stereocenters. The number of rotatable bonds is 4. The fraction of sp³-hybridized carbons (Fsp3) is 0.300. The van der Waals surface area contributed by atoms with Gasteiger partial charge in [0, 0.05) is 18.9 Å². The van der Waals surface area contributed by atoms with E-state index in [4.69, 9.17) is 10.2 Å². The van der Waals surface area contributed by atoms with Crippen molar-refractivity contribution in [1.29, 1.82) is 0 Å². The second-order valence-corrected chi connectivity index (χ2v) is 3.31. The molecule has 0 fully saturated rings. The summed E-state index contributed by atoms with van der Waals surface area (Å²) < 4.78 is 0. The smallest absolute Gasteiger partial charge is 0.180 e. The molecule has 2 aromatic heterocycles. The summed E-state index contributed by atoms with van der Waals surface area (Å²) in [5, 5.41) is 20.7. The quantitative estimate of drug-likeness (QED) is 0.660. The number of fused-ring (bicyclic) bond motifs is 1. The second-order valence-electron chi connectivity index (χ2n) is 3.31. The molecule has 6 nitrogen and oxygen atoms in total. The maximum atomic E-state index is 9.16. The van der Waals surface area contributed by atoms with E-state index in [2.05, 4.69) is 20.3 Å². The van der Waals surface area contributed by atoms with E-state index in [9.17, 15) is 0 Å². The zero-order chi connectivity index (χ0) is 11.4. The summed E-state index contributed by atoms with van der Waals surface area (Å²) in [6.45, 7) is -0.0321. The Bertz CT molecular complexity index is 477. The Labute approximate surface area is 92.0 Å². The molecule has 2 rings (SSSR count). The van der Waals surface area contributed by atoms with Gasteiger partial charge in [-0.25, -0.2) is 9.97 Å². The molecule has 0 radical (unpaired) electrons. The third-order valence-electron chi connectivity index (χ3n) is 2.06. The van der Waals surface area contributed by atoms with E-state index in [0.717, 1.165) is 5.52 Å². The van der Waals surface area contributed by atoms with Crippen molar-refractivity contribution in [2.24, 2.45) is 0 Å². The number of hydrogen-bond acceptors (Lipinski definition) is 6. The van der Waals surface area contributed by atoms with Crippen LogP contribution in [-0.4, -0.2) is 44.4 Å². The van der Waals surface area contributed by atoms with Crippen molar-refractivity contribution in [3.05, 3.63) is 24.5 Å². The van der Waals surface area contributed by atoms with E-state index in [1.165, 1.54) is 0 Å². The first-order valence-electron chi connectivity index (χ1n) is 4.90. The SMILES string of the molecule is OC[C@H](O)CNc1ccc2nccnc2n1. The van der Waals surface area contributed by atoms with Crippen molar-refractivity contribution in [2.45, 2.75) is 6.10 Å². The van der Waals surface area contributed by atoms with Crippen LogP contribution in [0.1, 0.15) is 0 Å². The van der Waals surface area contributed by atoms with Crippen molar-refractivity contribution in [3.63, 3.8) is 0 Å². The van der Waals surface area contributed by atoms with E-state index in [1.54, 1.807) is 24.5 Å². The normalized spacial score (nSPS) is 12.6. The largest absolute Gasteiger partial charge is 0.394 e. The number of aromatic nitrogens is 3. The van der Waals surface area contributed by atoms with Crippen molar-refractivity contribution in [1.82, 2.24) is 15.0 Å². The first kappa shape index (κ1) is 10.7. The Balaban J connectivity index is 2.13. The van der Waals surface area contributed by atoms with Gasteiger partial charge >= 0.3 is 0 Å². The highest BCUT2D eigenvalue weighted by molar-refractivity contribution is 5.71. The molecular weight excluding hydrogens is 208 g/mol. The number of aliphatic hydroxyl groups excluding tert-OH is 2. The van der Waals surface area contributed by atoms with Crippen LogP contribution in [0.2, 0.25) is 0 Å². The molecule has 16 heavy (non-hydrogen) atoms. The van der Waals surface area contributed by atoms with Gasteiger partial charge in [0.1, 0.15) is 11.3 Å². The van der Waals surface area contributed by atoms with Crippen LogP contribution in [0.3, 0.4) is 0 Å². The lowest BCUT2D eigenvalue weighted by molar-refractivity contribution is 0.105. The van der Waals surface area contributed by atoms with Gasteiger partial charge in [0.05, 0.1) is 12.7 Å². The summed E-state index contributed by atoms with van der Waals surface area (Å²) in [6, 6.07) is 3.55. The van der Waals surface area contributed by atoms with Crippen LogP contribution in [0.25, 0.3) is 11.2 Å². The maximum Gasteiger partial charge on any atom is 0.180 e. The van der Waals surface area contributed by atoms with Crippen molar-refractivity contribution < 1.29 is 10.2 Å². The van der Waals surface area contributed by atoms with E-state index in [-0.39, 0.29) is 13.2 Å².